The second kappa shape index (κ2) is 12.8. The summed E-state index contributed by atoms with van der Waals surface area (Å²) in [6.45, 7) is 7.88. The van der Waals surface area contributed by atoms with Gasteiger partial charge >= 0.3 is 5.97 Å². The molecule has 3 heterocycles. The molecule has 1 aromatic heterocycles. The van der Waals surface area contributed by atoms with E-state index in [4.69, 9.17) is 14.2 Å². The van der Waals surface area contributed by atoms with Crippen molar-refractivity contribution in [1.29, 1.82) is 0 Å². The highest BCUT2D eigenvalue weighted by molar-refractivity contribution is 8.18. The number of esters is 1. The average Bonchev–Trinajstić information content (AvgIpc) is 3.46. The number of aryl methyl sites for hydroxylation is 1. The Hall–Kier alpha value is -4.55. The minimum atomic E-state index is -0.665. The topological polar surface area (TPSA) is 129 Å². The summed E-state index contributed by atoms with van der Waals surface area (Å²) in [7, 11) is 1.57. The van der Waals surface area contributed by atoms with Gasteiger partial charge in [0.25, 0.3) is 5.69 Å². The van der Waals surface area contributed by atoms with Gasteiger partial charge in [0.1, 0.15) is 27.8 Å². The van der Waals surface area contributed by atoms with Crippen molar-refractivity contribution in [2.24, 2.45) is 4.99 Å². The number of benzene rings is 2. The van der Waals surface area contributed by atoms with Crippen molar-refractivity contribution in [3.8, 4) is 11.4 Å². The van der Waals surface area contributed by atoms with Crippen LogP contribution in [0.15, 0.2) is 69.8 Å². The number of hydrogen-bond acceptors (Lipinski definition) is 10. The minimum absolute atomic E-state index is 0.00273. The lowest BCUT2D eigenvalue weighted by molar-refractivity contribution is -0.384. The largest absolute Gasteiger partial charge is 0.506 e. The van der Waals surface area contributed by atoms with Gasteiger partial charge in [-0.2, -0.15) is 0 Å². The molecule has 0 aliphatic carbocycles. The molecule has 0 atom stereocenters. The van der Waals surface area contributed by atoms with Crippen molar-refractivity contribution in [1.82, 2.24) is 4.57 Å². The standard InChI is InChI=1S/C31H32N4O7S/c1-5-42-31(37)28-29(36)27(43-30(28)32-22-6-9-24(40-4)10-7-22)17-21-16-19(2)34(20(21)3)23-8-11-25(26(18-23)35(38)39)33-12-14-41-15-13-33/h6-11,16-18,36H,5,12-15H2,1-4H3/b27-17-,32-30?. The van der Waals surface area contributed by atoms with Crippen molar-refractivity contribution in [2.45, 2.75) is 20.8 Å². The van der Waals surface area contributed by atoms with Crippen LogP contribution < -0.4 is 9.64 Å². The van der Waals surface area contributed by atoms with Crippen LogP contribution in [-0.4, -0.2) is 65.6 Å². The smallest absolute Gasteiger partial charge is 0.344 e. The molecule has 2 aliphatic heterocycles. The van der Waals surface area contributed by atoms with Crippen LogP contribution in [0, 0.1) is 24.0 Å². The monoisotopic (exact) mass is 604 g/mol. The molecule has 1 N–H and O–H groups in total. The number of aromatic nitrogens is 1. The number of aliphatic hydroxyl groups excluding tert-OH is 1. The zero-order chi connectivity index (χ0) is 30.7. The zero-order valence-corrected chi connectivity index (χ0v) is 25.1. The lowest BCUT2D eigenvalue weighted by Crippen LogP contribution is -2.36. The van der Waals surface area contributed by atoms with Gasteiger partial charge in [-0.25, -0.2) is 9.79 Å². The molecular weight excluding hydrogens is 572 g/mol. The maximum Gasteiger partial charge on any atom is 0.344 e. The highest BCUT2D eigenvalue weighted by Crippen LogP contribution is 2.41. The fourth-order valence-electron chi connectivity index (χ4n) is 5.11. The summed E-state index contributed by atoms with van der Waals surface area (Å²) < 4.78 is 17.8. The van der Waals surface area contributed by atoms with Crippen LogP contribution in [0.3, 0.4) is 0 Å². The summed E-state index contributed by atoms with van der Waals surface area (Å²) in [6.07, 6.45) is 1.78. The third kappa shape index (κ3) is 6.15. The first-order chi connectivity index (χ1) is 20.7. The molecule has 43 heavy (non-hydrogen) atoms. The number of carbonyl (C=O) groups excluding carboxylic acids is 1. The molecule has 3 aromatic rings. The quantitative estimate of drug-likeness (QED) is 0.186. The molecule has 0 saturated carbocycles. The molecule has 224 valence electrons. The third-order valence-electron chi connectivity index (χ3n) is 7.20. The number of nitro groups is 1. The van der Waals surface area contributed by atoms with Gasteiger partial charge in [0, 0.05) is 30.5 Å². The molecule has 2 aromatic carbocycles. The van der Waals surface area contributed by atoms with Crippen LogP contribution in [-0.2, 0) is 14.3 Å². The second-order valence-corrected chi connectivity index (χ2v) is 10.9. The molecule has 0 radical (unpaired) electrons. The number of thioether (sulfide) groups is 1. The molecule has 1 saturated heterocycles. The van der Waals surface area contributed by atoms with E-state index >= 15 is 0 Å². The number of carbonyl (C=O) groups is 1. The van der Waals surface area contributed by atoms with E-state index in [-0.39, 0.29) is 28.5 Å². The Kier molecular flexibility index (Phi) is 8.88. The Morgan fingerprint density at radius 1 is 1.16 bits per heavy atom. The van der Waals surface area contributed by atoms with E-state index in [1.165, 1.54) is 11.8 Å². The summed E-state index contributed by atoms with van der Waals surface area (Å²) in [6, 6.07) is 14.2. The van der Waals surface area contributed by atoms with Crippen LogP contribution in [0.1, 0.15) is 23.9 Å². The lowest BCUT2D eigenvalue weighted by Gasteiger charge is -2.28. The second-order valence-electron chi connectivity index (χ2n) is 9.86. The van der Waals surface area contributed by atoms with Crippen LogP contribution in [0.25, 0.3) is 11.8 Å². The van der Waals surface area contributed by atoms with Crippen LogP contribution in [0.5, 0.6) is 5.75 Å². The number of hydrogen-bond donors (Lipinski definition) is 1. The lowest BCUT2D eigenvalue weighted by atomic mass is 10.1. The van der Waals surface area contributed by atoms with Gasteiger partial charge in [-0.15, -0.1) is 0 Å². The molecule has 5 rings (SSSR count). The van der Waals surface area contributed by atoms with E-state index in [0.29, 0.717) is 59.1 Å². The predicted octanol–water partition coefficient (Wildman–Crippen LogP) is 6.04. The van der Waals surface area contributed by atoms with Crippen LogP contribution >= 0.6 is 11.8 Å². The van der Waals surface area contributed by atoms with E-state index in [2.05, 4.69) is 4.99 Å². The van der Waals surface area contributed by atoms with Gasteiger partial charge in [-0.3, -0.25) is 10.1 Å². The fraction of sp³-hybridized carbons (Fsp3) is 0.290. The Morgan fingerprint density at radius 2 is 1.88 bits per heavy atom. The van der Waals surface area contributed by atoms with Gasteiger partial charge in [-0.05, 0) is 74.9 Å². The Labute approximate surface area is 253 Å². The number of anilines is 1. The normalized spacial score (nSPS) is 17.2. The molecule has 0 bridgehead atoms. The van der Waals surface area contributed by atoms with Crippen molar-refractivity contribution in [3.05, 3.63) is 91.8 Å². The number of rotatable bonds is 8. The van der Waals surface area contributed by atoms with Crippen molar-refractivity contribution < 1.29 is 29.0 Å². The van der Waals surface area contributed by atoms with Crippen molar-refractivity contribution in [2.75, 3.05) is 44.9 Å². The SMILES string of the molecule is CCOC(=O)C1=C(O)/C(=C/c2cc(C)n(-c3ccc(N4CCOCC4)c([N+](=O)[O-])c3)c2C)SC1=Nc1ccc(OC)cc1. The number of aliphatic imine (C=N–C) groups is 1. The molecule has 1 fully saturated rings. The first kappa shape index (κ1) is 29.9. The van der Waals surface area contributed by atoms with E-state index in [1.807, 2.05) is 35.4 Å². The van der Waals surface area contributed by atoms with Gasteiger partial charge in [0.05, 0.1) is 48.1 Å². The average molecular weight is 605 g/mol. The van der Waals surface area contributed by atoms with Crippen molar-refractivity contribution >= 4 is 45.9 Å². The van der Waals surface area contributed by atoms with Crippen molar-refractivity contribution in [3.63, 3.8) is 0 Å². The number of nitro benzene ring substituents is 1. The summed E-state index contributed by atoms with van der Waals surface area (Å²) in [5.41, 5.74) is 4.26. The molecule has 0 amide bonds. The van der Waals surface area contributed by atoms with Gasteiger partial charge in [-0.1, -0.05) is 11.8 Å². The molecule has 12 heteroatoms. The molecule has 0 spiro atoms. The van der Waals surface area contributed by atoms with Gasteiger partial charge < -0.3 is 28.8 Å². The van der Waals surface area contributed by atoms with Gasteiger partial charge in [0.15, 0.2) is 0 Å². The summed E-state index contributed by atoms with van der Waals surface area (Å²) >= 11 is 1.17. The Morgan fingerprint density at radius 3 is 2.53 bits per heavy atom. The van der Waals surface area contributed by atoms with E-state index in [0.717, 1.165) is 17.0 Å². The number of nitrogens with zero attached hydrogens (tertiary/aromatic N) is 4. The van der Waals surface area contributed by atoms with E-state index in [1.54, 1.807) is 56.5 Å². The fourth-order valence-corrected chi connectivity index (χ4v) is 6.13. The van der Waals surface area contributed by atoms with E-state index < -0.39 is 5.97 Å². The molecule has 11 nitrogen and oxygen atoms in total. The van der Waals surface area contributed by atoms with Crippen LogP contribution in [0.2, 0.25) is 0 Å². The Balaban J connectivity index is 1.52. The maximum atomic E-state index is 12.8. The molecular formula is C31H32N4O7S. The zero-order valence-electron chi connectivity index (χ0n) is 24.3. The first-order valence-electron chi connectivity index (χ1n) is 13.8. The Bertz CT molecular complexity index is 1650. The van der Waals surface area contributed by atoms with Crippen LogP contribution in [0.4, 0.5) is 17.1 Å². The predicted molar refractivity (Wildman–Crippen MR) is 167 cm³/mol. The number of aliphatic hydroxyl groups is 1. The number of morpholine rings is 1. The third-order valence-corrected chi connectivity index (χ3v) is 8.22. The number of ether oxygens (including phenoxy) is 3. The summed E-state index contributed by atoms with van der Waals surface area (Å²) in [5.74, 6) is -0.212. The minimum Gasteiger partial charge on any atom is -0.506 e. The highest BCUT2D eigenvalue weighted by Gasteiger charge is 2.33. The number of methoxy groups -OCH3 is 1. The molecule has 2 aliphatic rings. The highest BCUT2D eigenvalue weighted by atomic mass is 32.2. The molecule has 0 unspecified atom stereocenters. The van der Waals surface area contributed by atoms with Gasteiger partial charge in [0.2, 0.25) is 0 Å². The first-order valence-corrected chi connectivity index (χ1v) is 14.6. The summed E-state index contributed by atoms with van der Waals surface area (Å²) in [5, 5.41) is 23.5. The maximum absolute atomic E-state index is 12.8. The summed E-state index contributed by atoms with van der Waals surface area (Å²) in [4.78, 5) is 31.6. The van der Waals surface area contributed by atoms with E-state index in [9.17, 15) is 20.0 Å².